The number of rotatable bonds is 8. The molecule has 0 aliphatic heterocycles. The number of methoxy groups -OCH3 is 1. The van der Waals surface area contributed by atoms with Crippen LogP contribution in [-0.4, -0.2) is 44.8 Å². The predicted molar refractivity (Wildman–Crippen MR) is 115 cm³/mol. The van der Waals surface area contributed by atoms with Crippen LogP contribution in [0.5, 0.6) is 5.75 Å². The van der Waals surface area contributed by atoms with Crippen LogP contribution < -0.4 is 10.1 Å². The van der Waals surface area contributed by atoms with Crippen molar-refractivity contribution in [2.45, 2.75) is 18.6 Å². The van der Waals surface area contributed by atoms with Crippen molar-refractivity contribution >= 4 is 40.1 Å². The summed E-state index contributed by atoms with van der Waals surface area (Å²) in [5, 5.41) is 15.7. The number of ether oxygens (including phenoxy) is 1. The molecule has 9 nitrogen and oxygen atoms in total. The minimum atomic E-state index is -0.293. The van der Waals surface area contributed by atoms with Crippen molar-refractivity contribution in [3.8, 4) is 5.75 Å². The van der Waals surface area contributed by atoms with E-state index in [1.807, 2.05) is 30.3 Å². The van der Waals surface area contributed by atoms with E-state index in [2.05, 4.69) is 20.8 Å². The van der Waals surface area contributed by atoms with Crippen molar-refractivity contribution < 1.29 is 18.7 Å². The molecule has 0 fully saturated rings. The summed E-state index contributed by atoms with van der Waals surface area (Å²) in [7, 11) is 1.61. The van der Waals surface area contributed by atoms with Gasteiger partial charge in [-0.15, -0.1) is 5.10 Å². The molecule has 2 heterocycles. The average molecular weight is 437 g/mol. The molecule has 2 aromatic heterocycles. The van der Waals surface area contributed by atoms with Crippen LogP contribution >= 0.6 is 11.8 Å². The molecule has 0 saturated heterocycles. The smallest absolute Gasteiger partial charge is 0.234 e. The number of Topliss-reactive ketones (excluding diaryl/α,β-unsaturated/α-hetero) is 1. The fourth-order valence-corrected chi connectivity index (χ4v) is 3.70. The minimum absolute atomic E-state index is 0.0693. The van der Waals surface area contributed by atoms with Crippen molar-refractivity contribution in [1.82, 2.24) is 20.2 Å². The topological polar surface area (TPSA) is 112 Å². The Morgan fingerprint density at radius 3 is 2.68 bits per heavy atom. The van der Waals surface area contributed by atoms with Crippen LogP contribution in [0.15, 0.2) is 58.1 Å². The molecule has 10 heteroatoms. The largest absolute Gasteiger partial charge is 0.497 e. The van der Waals surface area contributed by atoms with Gasteiger partial charge in [-0.25, -0.2) is 4.68 Å². The average Bonchev–Trinajstić information content (AvgIpc) is 3.37. The molecule has 158 valence electrons. The Morgan fingerprint density at radius 2 is 1.94 bits per heavy atom. The molecule has 0 aliphatic rings. The Labute approximate surface area is 181 Å². The maximum atomic E-state index is 12.6. The normalized spacial score (nSPS) is 10.9. The highest BCUT2D eigenvalue weighted by molar-refractivity contribution is 7.99. The molecule has 4 rings (SSSR count). The number of fused-ring (bicyclic) bond motifs is 1. The molecule has 2 aromatic carbocycles. The monoisotopic (exact) mass is 437 g/mol. The highest BCUT2D eigenvalue weighted by Crippen LogP contribution is 2.31. The third-order valence-corrected chi connectivity index (χ3v) is 5.46. The first-order valence-corrected chi connectivity index (χ1v) is 10.4. The van der Waals surface area contributed by atoms with Gasteiger partial charge in [0, 0.05) is 12.3 Å². The van der Waals surface area contributed by atoms with Crippen molar-refractivity contribution in [2.24, 2.45) is 0 Å². The second kappa shape index (κ2) is 9.00. The van der Waals surface area contributed by atoms with Crippen LogP contribution in [0, 0.1) is 0 Å². The fraction of sp³-hybridized carbons (Fsp3) is 0.190. The number of hydrogen-bond acceptors (Lipinski definition) is 8. The lowest BCUT2D eigenvalue weighted by Gasteiger charge is -2.07. The highest BCUT2D eigenvalue weighted by Gasteiger charge is 2.20. The number of amides is 1. The van der Waals surface area contributed by atoms with Gasteiger partial charge in [-0.3, -0.25) is 9.59 Å². The lowest BCUT2D eigenvalue weighted by atomic mass is 10.2. The van der Waals surface area contributed by atoms with Crippen molar-refractivity contribution in [1.29, 1.82) is 0 Å². The van der Waals surface area contributed by atoms with Gasteiger partial charge < -0.3 is 14.5 Å². The molecule has 0 aliphatic carbocycles. The maximum absolute atomic E-state index is 12.6. The number of carbonyl (C=O) groups excluding carboxylic acids is 2. The van der Waals surface area contributed by atoms with Crippen molar-refractivity contribution in [3.05, 3.63) is 59.9 Å². The Balaban J connectivity index is 1.43. The summed E-state index contributed by atoms with van der Waals surface area (Å²) in [5.74, 6) is 0.410. The molecule has 0 bridgehead atoms. The molecule has 0 radical (unpaired) electrons. The molecule has 31 heavy (non-hydrogen) atoms. The van der Waals surface area contributed by atoms with Gasteiger partial charge in [0.2, 0.25) is 11.1 Å². The zero-order valence-electron chi connectivity index (χ0n) is 16.9. The second-order valence-electron chi connectivity index (χ2n) is 6.66. The first kappa shape index (κ1) is 20.6. The SMILES string of the molecule is COc1ccc(Cn2nnnc2SCC(=O)Nc2c(C(C)=O)oc3ccccc23)cc1. The van der Waals surface area contributed by atoms with E-state index < -0.39 is 0 Å². The number of benzene rings is 2. The van der Waals surface area contributed by atoms with E-state index in [0.29, 0.717) is 28.4 Å². The number of furan rings is 1. The number of nitrogens with one attached hydrogen (secondary N) is 1. The van der Waals surface area contributed by atoms with E-state index in [-0.39, 0.29) is 23.2 Å². The van der Waals surface area contributed by atoms with E-state index in [1.165, 1.54) is 18.7 Å². The standard InChI is InChI=1S/C21H19N5O4S/c1-13(27)20-19(16-5-3-4-6-17(16)30-20)22-18(28)12-31-21-23-24-25-26(21)11-14-7-9-15(29-2)10-8-14/h3-10H,11-12H2,1-2H3,(H,22,28). The summed E-state index contributed by atoms with van der Waals surface area (Å²) in [6.45, 7) is 1.86. The number of anilines is 1. The Morgan fingerprint density at radius 1 is 1.16 bits per heavy atom. The summed E-state index contributed by atoms with van der Waals surface area (Å²) in [4.78, 5) is 24.5. The van der Waals surface area contributed by atoms with Crippen LogP contribution in [0.2, 0.25) is 0 Å². The molecule has 1 N–H and O–H groups in total. The van der Waals surface area contributed by atoms with Crippen LogP contribution in [-0.2, 0) is 11.3 Å². The number of tetrazole rings is 1. The first-order chi connectivity index (χ1) is 15.0. The van der Waals surface area contributed by atoms with Crippen molar-refractivity contribution in [3.63, 3.8) is 0 Å². The number of ketones is 1. The number of thioether (sulfide) groups is 1. The Kier molecular flexibility index (Phi) is 5.99. The number of nitrogens with zero attached hydrogens (tertiary/aromatic N) is 4. The molecular formula is C21H19N5O4S. The Bertz CT molecular complexity index is 1230. The van der Waals surface area contributed by atoms with E-state index in [1.54, 1.807) is 30.0 Å². The van der Waals surface area contributed by atoms with Gasteiger partial charge >= 0.3 is 0 Å². The quantitative estimate of drug-likeness (QED) is 0.330. The van der Waals surface area contributed by atoms with E-state index in [9.17, 15) is 9.59 Å². The van der Waals surface area contributed by atoms with Gasteiger partial charge in [0.1, 0.15) is 11.3 Å². The predicted octanol–water partition coefficient (Wildman–Crippen LogP) is 3.41. The second-order valence-corrected chi connectivity index (χ2v) is 7.61. The summed E-state index contributed by atoms with van der Waals surface area (Å²) in [6, 6.07) is 14.7. The van der Waals surface area contributed by atoms with Crippen molar-refractivity contribution in [2.75, 3.05) is 18.2 Å². The van der Waals surface area contributed by atoms with Crippen LogP contribution in [0.4, 0.5) is 5.69 Å². The third-order valence-electron chi connectivity index (χ3n) is 4.50. The molecule has 0 saturated carbocycles. The number of hydrogen-bond donors (Lipinski definition) is 1. The molecule has 4 aromatic rings. The van der Waals surface area contributed by atoms with E-state index in [4.69, 9.17) is 9.15 Å². The molecule has 0 spiro atoms. The zero-order valence-corrected chi connectivity index (χ0v) is 17.7. The van der Waals surface area contributed by atoms with Gasteiger partial charge in [-0.2, -0.15) is 0 Å². The summed E-state index contributed by atoms with van der Waals surface area (Å²) in [5.41, 5.74) is 1.92. The van der Waals surface area contributed by atoms with Gasteiger partial charge in [0.25, 0.3) is 0 Å². The summed E-state index contributed by atoms with van der Waals surface area (Å²) < 4.78 is 12.4. The lowest BCUT2D eigenvalue weighted by molar-refractivity contribution is -0.113. The molecule has 1 amide bonds. The third kappa shape index (κ3) is 4.58. The molecule has 0 atom stereocenters. The lowest BCUT2D eigenvalue weighted by Crippen LogP contribution is -2.16. The van der Waals surface area contributed by atoms with Gasteiger partial charge in [0.05, 0.1) is 25.1 Å². The fourth-order valence-electron chi connectivity index (χ4n) is 3.03. The Hall–Kier alpha value is -3.66. The molecule has 0 unspecified atom stereocenters. The van der Waals surface area contributed by atoms with E-state index in [0.717, 1.165) is 11.3 Å². The number of carbonyl (C=O) groups is 2. The summed E-state index contributed by atoms with van der Waals surface area (Å²) in [6.07, 6.45) is 0. The van der Waals surface area contributed by atoms with Crippen LogP contribution in [0.1, 0.15) is 23.0 Å². The first-order valence-electron chi connectivity index (χ1n) is 9.39. The van der Waals surface area contributed by atoms with E-state index >= 15 is 0 Å². The molecular weight excluding hydrogens is 418 g/mol. The van der Waals surface area contributed by atoms with Gasteiger partial charge in [-0.05, 0) is 40.3 Å². The number of para-hydroxylation sites is 1. The minimum Gasteiger partial charge on any atom is -0.497 e. The zero-order chi connectivity index (χ0) is 21.8. The number of aromatic nitrogens is 4. The van der Waals surface area contributed by atoms with Crippen LogP contribution in [0.25, 0.3) is 11.0 Å². The van der Waals surface area contributed by atoms with Crippen LogP contribution in [0.3, 0.4) is 0 Å². The maximum Gasteiger partial charge on any atom is 0.234 e. The van der Waals surface area contributed by atoms with Gasteiger partial charge in [0.15, 0.2) is 11.5 Å². The highest BCUT2D eigenvalue weighted by atomic mass is 32.2. The summed E-state index contributed by atoms with van der Waals surface area (Å²) >= 11 is 1.20. The van der Waals surface area contributed by atoms with Gasteiger partial charge in [-0.1, -0.05) is 36.0 Å².